The predicted molar refractivity (Wildman–Crippen MR) is 113 cm³/mol. The summed E-state index contributed by atoms with van der Waals surface area (Å²) < 4.78 is 7.85. The average molecular weight is 433 g/mol. The minimum absolute atomic E-state index is 0.270. The molecule has 2 unspecified atom stereocenters. The lowest BCUT2D eigenvalue weighted by Crippen LogP contribution is -2.51. The molecule has 164 valence electrons. The van der Waals surface area contributed by atoms with Crippen LogP contribution >= 0.6 is 0 Å². The number of hydrogen-bond donors (Lipinski definition) is 2. The number of piperidine rings is 1. The zero-order valence-electron chi connectivity index (χ0n) is 17.3. The SMILES string of the molecule is O=C1CCC(N2Cc3c(OCc4ccc(Cn5ccnn5)cc4)cccc3C2O)C(=O)N1. The summed E-state index contributed by atoms with van der Waals surface area (Å²) in [7, 11) is 0. The number of carbonyl (C=O) groups excluding carboxylic acids is 2. The highest BCUT2D eigenvalue weighted by molar-refractivity contribution is 6.00. The Morgan fingerprint density at radius 1 is 1.12 bits per heavy atom. The van der Waals surface area contributed by atoms with E-state index < -0.39 is 12.3 Å². The molecule has 2 aliphatic heterocycles. The Kier molecular flexibility index (Phi) is 5.42. The number of amides is 2. The second kappa shape index (κ2) is 8.52. The van der Waals surface area contributed by atoms with Crippen LogP contribution in [-0.2, 0) is 29.3 Å². The van der Waals surface area contributed by atoms with Crippen LogP contribution in [0, 0.1) is 0 Å². The summed E-state index contributed by atoms with van der Waals surface area (Å²) in [6.07, 6.45) is 3.23. The van der Waals surface area contributed by atoms with E-state index in [2.05, 4.69) is 15.6 Å². The molecule has 3 aromatic rings. The second-order valence-electron chi connectivity index (χ2n) is 8.04. The summed E-state index contributed by atoms with van der Waals surface area (Å²) >= 11 is 0. The van der Waals surface area contributed by atoms with Gasteiger partial charge >= 0.3 is 0 Å². The number of aliphatic hydroxyl groups is 1. The van der Waals surface area contributed by atoms with Gasteiger partial charge in [-0.2, -0.15) is 0 Å². The highest BCUT2D eigenvalue weighted by Gasteiger charge is 2.40. The van der Waals surface area contributed by atoms with Crippen molar-refractivity contribution < 1.29 is 19.4 Å². The molecule has 0 bridgehead atoms. The first-order valence-electron chi connectivity index (χ1n) is 10.5. The smallest absolute Gasteiger partial charge is 0.244 e. The van der Waals surface area contributed by atoms with E-state index >= 15 is 0 Å². The van der Waals surface area contributed by atoms with Crippen LogP contribution in [0.15, 0.2) is 54.9 Å². The van der Waals surface area contributed by atoms with Crippen molar-refractivity contribution in [3.05, 3.63) is 77.1 Å². The van der Waals surface area contributed by atoms with Crippen molar-refractivity contribution in [1.82, 2.24) is 25.2 Å². The average Bonchev–Trinajstić information content (AvgIpc) is 3.42. The molecule has 2 aromatic carbocycles. The highest BCUT2D eigenvalue weighted by atomic mass is 16.5. The van der Waals surface area contributed by atoms with Gasteiger partial charge in [0, 0.05) is 30.3 Å². The largest absolute Gasteiger partial charge is 0.489 e. The summed E-state index contributed by atoms with van der Waals surface area (Å²) in [5.74, 6) is 0.0541. The normalized spacial score (nSPS) is 20.8. The lowest BCUT2D eigenvalue weighted by molar-refractivity contribution is -0.141. The van der Waals surface area contributed by atoms with Crippen LogP contribution in [0.4, 0.5) is 0 Å². The molecule has 1 fully saturated rings. The van der Waals surface area contributed by atoms with Gasteiger partial charge in [-0.05, 0) is 23.6 Å². The third-order valence-electron chi connectivity index (χ3n) is 5.95. The maximum atomic E-state index is 12.3. The van der Waals surface area contributed by atoms with Gasteiger partial charge < -0.3 is 9.84 Å². The van der Waals surface area contributed by atoms with Gasteiger partial charge in [0.2, 0.25) is 11.8 Å². The van der Waals surface area contributed by atoms with E-state index in [0.29, 0.717) is 31.9 Å². The topological polar surface area (TPSA) is 110 Å². The molecular weight excluding hydrogens is 410 g/mol. The number of carbonyl (C=O) groups is 2. The number of ether oxygens (including phenoxy) is 1. The number of imide groups is 1. The molecule has 5 rings (SSSR count). The molecule has 1 saturated heterocycles. The monoisotopic (exact) mass is 433 g/mol. The maximum Gasteiger partial charge on any atom is 0.244 e. The van der Waals surface area contributed by atoms with E-state index in [4.69, 9.17) is 4.74 Å². The van der Waals surface area contributed by atoms with Crippen molar-refractivity contribution in [2.24, 2.45) is 0 Å². The third-order valence-corrected chi connectivity index (χ3v) is 5.95. The fourth-order valence-electron chi connectivity index (χ4n) is 4.26. The van der Waals surface area contributed by atoms with Gasteiger partial charge in [-0.1, -0.05) is 41.6 Å². The van der Waals surface area contributed by atoms with Crippen molar-refractivity contribution in [3.8, 4) is 5.75 Å². The maximum absolute atomic E-state index is 12.3. The van der Waals surface area contributed by atoms with Gasteiger partial charge in [0.1, 0.15) is 18.6 Å². The van der Waals surface area contributed by atoms with E-state index in [1.807, 2.05) is 48.7 Å². The highest BCUT2D eigenvalue weighted by Crippen LogP contribution is 2.39. The van der Waals surface area contributed by atoms with Crippen LogP contribution in [0.2, 0.25) is 0 Å². The van der Waals surface area contributed by atoms with Gasteiger partial charge in [-0.25, -0.2) is 4.68 Å². The Bertz CT molecular complexity index is 1130. The first kappa shape index (κ1) is 20.3. The molecule has 3 heterocycles. The Morgan fingerprint density at radius 2 is 1.94 bits per heavy atom. The number of nitrogens with one attached hydrogen (secondary N) is 1. The summed E-state index contributed by atoms with van der Waals surface area (Å²) in [5, 5.41) is 21.0. The van der Waals surface area contributed by atoms with Crippen LogP contribution in [0.25, 0.3) is 0 Å². The number of rotatable bonds is 6. The summed E-state index contributed by atoms with van der Waals surface area (Å²) in [6, 6.07) is 13.1. The number of hydrogen-bond acceptors (Lipinski definition) is 7. The van der Waals surface area contributed by atoms with Crippen LogP contribution < -0.4 is 10.1 Å². The van der Waals surface area contributed by atoms with Gasteiger partial charge in [0.15, 0.2) is 0 Å². The Labute approximate surface area is 184 Å². The van der Waals surface area contributed by atoms with Gasteiger partial charge in [-0.15, -0.1) is 5.10 Å². The first-order valence-corrected chi connectivity index (χ1v) is 10.5. The van der Waals surface area contributed by atoms with Crippen molar-refractivity contribution in [2.75, 3.05) is 0 Å². The Morgan fingerprint density at radius 3 is 2.69 bits per heavy atom. The minimum Gasteiger partial charge on any atom is -0.489 e. The van der Waals surface area contributed by atoms with Crippen LogP contribution in [0.3, 0.4) is 0 Å². The predicted octanol–water partition coefficient (Wildman–Crippen LogP) is 1.52. The summed E-state index contributed by atoms with van der Waals surface area (Å²) in [6.45, 7) is 1.42. The lowest BCUT2D eigenvalue weighted by Gasteiger charge is -2.31. The minimum atomic E-state index is -0.909. The zero-order chi connectivity index (χ0) is 22.1. The second-order valence-corrected chi connectivity index (χ2v) is 8.04. The Hall–Kier alpha value is -3.56. The number of fused-ring (bicyclic) bond motifs is 1. The molecule has 9 heteroatoms. The van der Waals surface area contributed by atoms with Crippen molar-refractivity contribution in [3.63, 3.8) is 0 Å². The molecular formula is C23H23N5O4. The molecule has 2 aliphatic rings. The first-order chi connectivity index (χ1) is 15.6. The molecule has 2 N–H and O–H groups in total. The molecule has 9 nitrogen and oxygen atoms in total. The molecule has 0 radical (unpaired) electrons. The molecule has 1 aromatic heterocycles. The molecule has 0 saturated carbocycles. The van der Waals surface area contributed by atoms with E-state index in [-0.39, 0.29) is 18.2 Å². The fraction of sp³-hybridized carbons (Fsp3) is 0.304. The third kappa shape index (κ3) is 4.00. The molecule has 0 spiro atoms. The van der Waals surface area contributed by atoms with Gasteiger partial charge in [0.05, 0.1) is 18.8 Å². The zero-order valence-corrected chi connectivity index (χ0v) is 17.3. The Balaban J connectivity index is 1.26. The van der Waals surface area contributed by atoms with Crippen molar-refractivity contribution >= 4 is 11.8 Å². The van der Waals surface area contributed by atoms with E-state index in [0.717, 1.165) is 22.3 Å². The van der Waals surface area contributed by atoms with E-state index in [9.17, 15) is 14.7 Å². The number of benzene rings is 2. The van der Waals surface area contributed by atoms with Crippen LogP contribution in [0.1, 0.15) is 41.3 Å². The number of aromatic nitrogens is 3. The summed E-state index contributed by atoms with van der Waals surface area (Å²) in [4.78, 5) is 25.5. The van der Waals surface area contributed by atoms with Crippen LogP contribution in [-0.4, -0.2) is 42.9 Å². The van der Waals surface area contributed by atoms with E-state index in [1.165, 1.54) is 0 Å². The van der Waals surface area contributed by atoms with E-state index in [1.54, 1.807) is 15.8 Å². The molecule has 2 amide bonds. The van der Waals surface area contributed by atoms with Crippen molar-refractivity contribution in [2.45, 2.75) is 44.8 Å². The standard InChI is InChI=1S/C23H23N5O4/c29-21-9-8-19(22(30)25-21)28-13-18-17(23(28)31)2-1-3-20(18)32-14-16-6-4-15(5-7-16)12-27-11-10-24-26-27/h1-7,10-11,19,23,31H,8-9,12-14H2,(H,25,29,30). The molecule has 0 aliphatic carbocycles. The number of aliphatic hydroxyl groups excluding tert-OH is 1. The molecule has 2 atom stereocenters. The van der Waals surface area contributed by atoms with Crippen molar-refractivity contribution in [1.29, 1.82) is 0 Å². The summed E-state index contributed by atoms with van der Waals surface area (Å²) in [5.41, 5.74) is 3.73. The van der Waals surface area contributed by atoms with Crippen LogP contribution in [0.5, 0.6) is 5.75 Å². The van der Waals surface area contributed by atoms with Gasteiger partial charge in [-0.3, -0.25) is 19.8 Å². The molecule has 32 heavy (non-hydrogen) atoms. The quantitative estimate of drug-likeness (QED) is 0.567. The number of nitrogens with zero attached hydrogens (tertiary/aromatic N) is 4. The fourth-order valence-corrected chi connectivity index (χ4v) is 4.26. The van der Waals surface area contributed by atoms with Gasteiger partial charge in [0.25, 0.3) is 0 Å². The lowest BCUT2D eigenvalue weighted by atomic mass is 10.0.